The lowest BCUT2D eigenvalue weighted by molar-refractivity contribution is -0.146. The van der Waals surface area contributed by atoms with Gasteiger partial charge in [0.1, 0.15) is 11.9 Å². The molecule has 1 rings (SSSR count). The number of ether oxygens (including phenoxy) is 1. The minimum Gasteiger partial charge on any atom is -0.508 e. The lowest BCUT2D eigenvalue weighted by Crippen LogP contribution is -2.19. The van der Waals surface area contributed by atoms with Crippen molar-refractivity contribution in [3.05, 3.63) is 47.0 Å². The molecule has 0 spiro atoms. The van der Waals surface area contributed by atoms with Gasteiger partial charge in [-0.25, -0.2) is 0 Å². The quantitative estimate of drug-likeness (QED) is 0.407. The van der Waals surface area contributed by atoms with Gasteiger partial charge in [-0.05, 0) is 55.0 Å². The number of carbonyl (C=O) groups is 2. The summed E-state index contributed by atoms with van der Waals surface area (Å²) in [7, 11) is 4.91. The average molecular weight is 414 g/mol. The zero-order valence-corrected chi connectivity index (χ0v) is 18.7. The fourth-order valence-electron chi connectivity index (χ4n) is 2.17. The Balaban J connectivity index is 0.00000326. The van der Waals surface area contributed by atoms with Crippen molar-refractivity contribution in [1.82, 2.24) is 0 Å². The van der Waals surface area contributed by atoms with E-state index in [4.69, 9.17) is 4.74 Å². The highest BCUT2D eigenvalue weighted by atomic mass is 31.0. The van der Waals surface area contributed by atoms with E-state index in [9.17, 15) is 19.8 Å². The molecule has 0 aliphatic carbocycles. The maximum Gasteiger partial charge on any atom is 0.313 e. The molecule has 2 N–H and O–H groups in total. The van der Waals surface area contributed by atoms with E-state index in [2.05, 4.69) is 18.5 Å². The summed E-state index contributed by atoms with van der Waals surface area (Å²) in [5.41, 5.74) is 0.608. The number of aliphatic hydroxyl groups excluding tert-OH is 2. The summed E-state index contributed by atoms with van der Waals surface area (Å²) in [5, 5.41) is 20.4. The molecule has 0 fully saturated rings. The monoisotopic (exact) mass is 414 g/mol. The molecular weight excluding hydrogens is 382 g/mol. The van der Waals surface area contributed by atoms with Crippen LogP contribution in [0.3, 0.4) is 0 Å². The Hall–Kier alpha value is -1.28. The molecule has 4 unspecified atom stereocenters. The number of aliphatic hydroxyl groups is 2. The topological polar surface area (TPSA) is 83.8 Å². The highest BCUT2D eigenvalue weighted by Gasteiger charge is 2.19. The average Bonchev–Trinajstić information content (AvgIpc) is 2.64. The summed E-state index contributed by atoms with van der Waals surface area (Å²) in [4.78, 5) is 24.1. The fraction of sp³-hybridized carbons (Fsp3) is 0.500. The Kier molecular flexibility index (Phi) is 14.0. The van der Waals surface area contributed by atoms with Crippen molar-refractivity contribution in [2.24, 2.45) is 5.92 Å². The molecule has 1 aliphatic heterocycles. The van der Waals surface area contributed by atoms with Crippen LogP contribution >= 0.6 is 18.5 Å². The van der Waals surface area contributed by atoms with E-state index in [1.54, 1.807) is 25.2 Å². The minimum absolute atomic E-state index is 0.0702. The molecule has 0 amide bonds. The van der Waals surface area contributed by atoms with Crippen molar-refractivity contribution in [2.75, 3.05) is 12.8 Å². The molecule has 0 aromatic heterocycles. The van der Waals surface area contributed by atoms with Crippen LogP contribution in [0.4, 0.5) is 0 Å². The molecule has 0 saturated carbocycles. The van der Waals surface area contributed by atoms with E-state index in [0.717, 1.165) is 0 Å². The van der Waals surface area contributed by atoms with Gasteiger partial charge in [0.15, 0.2) is 5.78 Å². The number of hydrogen-bond donors (Lipinski definition) is 2. The van der Waals surface area contributed by atoms with Crippen molar-refractivity contribution in [3.8, 4) is 0 Å². The largest absolute Gasteiger partial charge is 0.508 e. The van der Waals surface area contributed by atoms with Gasteiger partial charge in [0.25, 0.3) is 0 Å². The van der Waals surface area contributed by atoms with Gasteiger partial charge in [0, 0.05) is 6.42 Å². The molecule has 27 heavy (non-hydrogen) atoms. The number of ketones is 1. The summed E-state index contributed by atoms with van der Waals surface area (Å²) in [6.45, 7) is 5.86. The third kappa shape index (κ3) is 10.6. The number of rotatable bonds is 2. The van der Waals surface area contributed by atoms with Crippen LogP contribution in [0, 0.1) is 5.92 Å². The van der Waals surface area contributed by atoms with Gasteiger partial charge in [-0.3, -0.25) is 9.59 Å². The lowest BCUT2D eigenvalue weighted by atomic mass is 9.98. The second kappa shape index (κ2) is 14.7. The number of hydrogen-bond acceptors (Lipinski definition) is 5. The van der Waals surface area contributed by atoms with Crippen molar-refractivity contribution >= 4 is 30.2 Å². The maximum absolute atomic E-state index is 12.2. The van der Waals surface area contributed by atoms with E-state index in [0.29, 0.717) is 36.3 Å². The van der Waals surface area contributed by atoms with Crippen LogP contribution in [0.25, 0.3) is 0 Å². The summed E-state index contributed by atoms with van der Waals surface area (Å²) in [5.74, 6) is -1.22. The predicted molar refractivity (Wildman–Crippen MR) is 117 cm³/mol. The van der Waals surface area contributed by atoms with E-state index in [-0.39, 0.29) is 18.1 Å². The normalized spacial score (nSPS) is 27.6. The molecule has 0 aromatic rings. The van der Waals surface area contributed by atoms with E-state index >= 15 is 0 Å². The molecule has 5 nitrogen and oxygen atoms in total. The smallest absolute Gasteiger partial charge is 0.313 e. The molecule has 1 aliphatic rings. The zero-order chi connectivity index (χ0) is 20.8. The summed E-state index contributed by atoms with van der Waals surface area (Å²) in [6.07, 6.45) is 8.72. The van der Waals surface area contributed by atoms with Gasteiger partial charge < -0.3 is 14.9 Å². The van der Waals surface area contributed by atoms with Crippen molar-refractivity contribution < 1.29 is 24.5 Å². The zero-order valence-electron chi connectivity index (χ0n) is 16.4. The van der Waals surface area contributed by atoms with Gasteiger partial charge >= 0.3 is 5.97 Å². The second-order valence-corrected chi connectivity index (χ2v) is 6.98. The Morgan fingerprint density at radius 2 is 2.04 bits per heavy atom. The van der Waals surface area contributed by atoms with Gasteiger partial charge in [0.05, 0.1) is 12.5 Å². The van der Waals surface area contributed by atoms with Gasteiger partial charge in [0.2, 0.25) is 0 Å². The van der Waals surface area contributed by atoms with Gasteiger partial charge in [-0.15, -0.1) is 18.5 Å². The lowest BCUT2D eigenvalue weighted by Gasteiger charge is -2.14. The molecule has 1 heterocycles. The van der Waals surface area contributed by atoms with Gasteiger partial charge in [-0.2, -0.15) is 0 Å². The summed E-state index contributed by atoms with van der Waals surface area (Å²) in [6, 6.07) is 0. The highest BCUT2D eigenvalue weighted by molar-refractivity contribution is 7.22. The SMILES string of the molecule is CC.CC1C(=O)OCC/C(P)=C\C(=O)C(O)CC/C=C/C1=C/C(O)=C\CP. The first-order chi connectivity index (χ1) is 12.8. The first-order valence-electron chi connectivity index (χ1n) is 9.17. The van der Waals surface area contributed by atoms with Crippen LogP contribution in [0.15, 0.2) is 47.0 Å². The molecule has 7 heteroatoms. The van der Waals surface area contributed by atoms with Gasteiger partial charge in [-0.1, -0.05) is 26.0 Å². The number of cyclic esters (lactones) is 1. The van der Waals surface area contributed by atoms with Crippen molar-refractivity contribution in [2.45, 2.75) is 46.1 Å². The highest BCUT2D eigenvalue weighted by Crippen LogP contribution is 2.19. The van der Waals surface area contributed by atoms with E-state index in [1.165, 1.54) is 12.2 Å². The third-order valence-corrected chi connectivity index (χ3v) is 4.39. The molecule has 0 radical (unpaired) electrons. The summed E-state index contributed by atoms with van der Waals surface area (Å²) >= 11 is 0. The van der Waals surface area contributed by atoms with Crippen molar-refractivity contribution in [1.29, 1.82) is 0 Å². The maximum atomic E-state index is 12.2. The third-order valence-electron chi connectivity index (χ3n) is 3.70. The standard InChI is InChI=1S/C18H26O5P2.C2H6/c1-12-13(10-14(19)7-9-24)4-2-3-5-16(20)17(21)11-15(25)6-8-23-18(12)22;1-2/h2,4,7,10-12,16,19-20H,3,5-6,8-9,24-25H2,1H3;1-2H3/b4-2+,13-10-,14-7+,15-11+;. The first-order valence-corrected chi connectivity index (χ1v) is 10.6. The summed E-state index contributed by atoms with van der Waals surface area (Å²) < 4.78 is 5.26. The molecule has 152 valence electrons. The number of carbonyl (C=O) groups excluding carboxylic acids is 2. The van der Waals surface area contributed by atoms with Crippen LogP contribution in [0.5, 0.6) is 0 Å². The molecule has 0 bridgehead atoms. The van der Waals surface area contributed by atoms with Crippen LogP contribution in [0.2, 0.25) is 0 Å². The van der Waals surface area contributed by atoms with E-state index in [1.807, 2.05) is 13.8 Å². The number of allylic oxidation sites excluding steroid dienone is 4. The molecule has 0 saturated heterocycles. The Morgan fingerprint density at radius 1 is 1.37 bits per heavy atom. The number of esters is 1. The van der Waals surface area contributed by atoms with Crippen LogP contribution in [-0.2, 0) is 14.3 Å². The molecule has 4 atom stereocenters. The first kappa shape index (κ1) is 25.7. The van der Waals surface area contributed by atoms with Crippen LogP contribution in [-0.4, -0.2) is 40.8 Å². The second-order valence-electron chi connectivity index (χ2n) is 5.77. The Labute approximate surface area is 167 Å². The molecule has 0 aromatic carbocycles. The minimum atomic E-state index is -1.05. The van der Waals surface area contributed by atoms with Crippen LogP contribution < -0.4 is 0 Å². The van der Waals surface area contributed by atoms with E-state index < -0.39 is 18.0 Å². The fourth-order valence-corrected chi connectivity index (χ4v) is 2.69. The van der Waals surface area contributed by atoms with Crippen molar-refractivity contribution in [3.63, 3.8) is 0 Å². The predicted octanol–water partition coefficient (Wildman–Crippen LogP) is 3.86. The van der Waals surface area contributed by atoms with Crippen LogP contribution in [0.1, 0.15) is 40.0 Å². The Bertz CT molecular complexity index is 605. The Morgan fingerprint density at radius 3 is 2.67 bits per heavy atom. The molecular formula is C20H32O5P2.